The Kier molecular flexibility index (Phi) is 4.67. The maximum Gasteiger partial charge on any atom is 0.289 e. The van der Waals surface area contributed by atoms with E-state index in [9.17, 15) is 13.2 Å². The Labute approximate surface area is 131 Å². The van der Waals surface area contributed by atoms with Gasteiger partial charge in [0, 0.05) is 19.2 Å². The molecule has 1 aliphatic heterocycles. The maximum absolute atomic E-state index is 12.6. The normalized spacial score (nSPS) is 22.8. The van der Waals surface area contributed by atoms with Crippen LogP contribution in [0.15, 0.2) is 15.4 Å². The summed E-state index contributed by atoms with van der Waals surface area (Å²) in [6, 6.07) is 1.23. The van der Waals surface area contributed by atoms with Gasteiger partial charge < -0.3 is 9.32 Å². The molecule has 6 nitrogen and oxygen atoms in total. The molecule has 0 saturated carbocycles. The fourth-order valence-corrected chi connectivity index (χ4v) is 4.02. The van der Waals surface area contributed by atoms with Crippen LogP contribution in [0.5, 0.6) is 0 Å². The standard InChI is InChI=1S/C15H24N2O4S/c1-4-6-15(3)7-5-8-17(10-15)14(18)12-9-13(11(2)21-12)22(16,19)20/h9H,4-8,10H2,1-3H3,(H2,16,19,20)/t15-/m0/s1. The molecule has 1 aliphatic rings. The van der Waals surface area contributed by atoms with E-state index in [1.54, 1.807) is 4.90 Å². The Hall–Kier alpha value is -1.34. The highest BCUT2D eigenvalue weighted by atomic mass is 32.2. The first-order chi connectivity index (χ1) is 10.2. The van der Waals surface area contributed by atoms with Crippen LogP contribution >= 0.6 is 0 Å². The summed E-state index contributed by atoms with van der Waals surface area (Å²) >= 11 is 0. The third kappa shape index (κ3) is 3.52. The number of carbonyl (C=O) groups excluding carboxylic acids is 1. The van der Waals surface area contributed by atoms with Crippen molar-refractivity contribution in [2.45, 2.75) is 51.3 Å². The van der Waals surface area contributed by atoms with Gasteiger partial charge >= 0.3 is 0 Å². The predicted molar refractivity (Wildman–Crippen MR) is 83.0 cm³/mol. The van der Waals surface area contributed by atoms with Gasteiger partial charge in [0.05, 0.1) is 0 Å². The molecule has 0 aliphatic carbocycles. The molecule has 22 heavy (non-hydrogen) atoms. The van der Waals surface area contributed by atoms with Crippen molar-refractivity contribution in [3.63, 3.8) is 0 Å². The lowest BCUT2D eigenvalue weighted by Gasteiger charge is -2.40. The Bertz CT molecular complexity index is 661. The summed E-state index contributed by atoms with van der Waals surface area (Å²) in [5.74, 6) is -0.0681. The number of nitrogens with zero attached hydrogens (tertiary/aromatic N) is 1. The zero-order valence-corrected chi connectivity index (χ0v) is 14.2. The van der Waals surface area contributed by atoms with Crippen molar-refractivity contribution in [2.24, 2.45) is 10.6 Å². The van der Waals surface area contributed by atoms with Crippen LogP contribution < -0.4 is 5.14 Å². The zero-order chi connectivity index (χ0) is 16.5. The molecule has 0 bridgehead atoms. The molecular weight excluding hydrogens is 304 g/mol. The first kappa shape index (κ1) is 17.0. The minimum absolute atomic E-state index is 0.0438. The van der Waals surface area contributed by atoms with E-state index in [-0.39, 0.29) is 27.7 Å². The fraction of sp³-hybridized carbons (Fsp3) is 0.667. The molecule has 1 saturated heterocycles. The van der Waals surface area contributed by atoms with Gasteiger partial charge in [-0.1, -0.05) is 20.3 Å². The van der Waals surface area contributed by atoms with Gasteiger partial charge in [-0.25, -0.2) is 13.6 Å². The van der Waals surface area contributed by atoms with Gasteiger partial charge in [0.1, 0.15) is 10.7 Å². The van der Waals surface area contributed by atoms with Gasteiger partial charge in [0.15, 0.2) is 5.76 Å². The van der Waals surface area contributed by atoms with Crippen LogP contribution in [-0.4, -0.2) is 32.3 Å². The van der Waals surface area contributed by atoms with Gasteiger partial charge in [-0.05, 0) is 31.6 Å². The number of aryl methyl sites for hydroxylation is 1. The lowest BCUT2D eigenvalue weighted by Crippen LogP contribution is -2.44. The number of nitrogens with two attached hydrogens (primary N) is 1. The Balaban J connectivity index is 2.22. The van der Waals surface area contributed by atoms with Crippen molar-refractivity contribution >= 4 is 15.9 Å². The van der Waals surface area contributed by atoms with Crippen molar-refractivity contribution in [3.8, 4) is 0 Å². The number of hydrogen-bond acceptors (Lipinski definition) is 4. The highest BCUT2D eigenvalue weighted by Gasteiger charge is 2.34. The van der Waals surface area contributed by atoms with Crippen LogP contribution in [0.3, 0.4) is 0 Å². The SMILES string of the molecule is CCC[C@@]1(C)CCCN(C(=O)c2cc(S(N)(=O)=O)c(C)o2)C1. The summed E-state index contributed by atoms with van der Waals surface area (Å²) in [6.07, 6.45) is 4.19. The number of sulfonamides is 1. The van der Waals surface area contributed by atoms with Crippen molar-refractivity contribution in [1.82, 2.24) is 4.90 Å². The summed E-state index contributed by atoms with van der Waals surface area (Å²) in [6.45, 7) is 7.17. The number of primary sulfonamides is 1. The van der Waals surface area contributed by atoms with E-state index in [0.717, 1.165) is 25.7 Å². The van der Waals surface area contributed by atoms with Crippen LogP contribution in [0.1, 0.15) is 55.8 Å². The first-order valence-electron chi connectivity index (χ1n) is 7.59. The minimum Gasteiger partial charge on any atom is -0.455 e. The molecule has 124 valence electrons. The topological polar surface area (TPSA) is 93.6 Å². The predicted octanol–water partition coefficient (Wildman–Crippen LogP) is 2.28. The largest absolute Gasteiger partial charge is 0.455 e. The highest BCUT2D eigenvalue weighted by molar-refractivity contribution is 7.89. The highest BCUT2D eigenvalue weighted by Crippen LogP contribution is 2.34. The minimum atomic E-state index is -3.87. The number of likely N-dealkylation sites (tertiary alicyclic amines) is 1. The second-order valence-corrected chi connectivity index (χ2v) is 8.00. The second-order valence-electron chi connectivity index (χ2n) is 6.47. The lowest BCUT2D eigenvalue weighted by atomic mass is 9.78. The Morgan fingerprint density at radius 2 is 2.18 bits per heavy atom. The van der Waals surface area contributed by atoms with E-state index in [0.29, 0.717) is 13.1 Å². The van der Waals surface area contributed by atoms with E-state index >= 15 is 0 Å². The van der Waals surface area contributed by atoms with Gasteiger partial charge in [0.25, 0.3) is 5.91 Å². The van der Waals surface area contributed by atoms with Crippen LogP contribution in [0.25, 0.3) is 0 Å². The molecule has 1 aromatic rings. The molecular formula is C15H24N2O4S. The van der Waals surface area contributed by atoms with E-state index < -0.39 is 10.0 Å². The van der Waals surface area contributed by atoms with E-state index in [1.165, 1.54) is 13.0 Å². The second kappa shape index (κ2) is 6.04. The summed E-state index contributed by atoms with van der Waals surface area (Å²) in [5.41, 5.74) is 0.118. The Morgan fingerprint density at radius 3 is 2.73 bits per heavy atom. The summed E-state index contributed by atoms with van der Waals surface area (Å²) in [4.78, 5) is 14.2. The molecule has 1 amide bonds. The molecule has 1 atom stereocenters. The molecule has 2 heterocycles. The number of piperidine rings is 1. The van der Waals surface area contributed by atoms with E-state index in [4.69, 9.17) is 9.56 Å². The van der Waals surface area contributed by atoms with Crippen molar-refractivity contribution in [3.05, 3.63) is 17.6 Å². The molecule has 2 rings (SSSR count). The average molecular weight is 328 g/mol. The van der Waals surface area contributed by atoms with E-state index in [1.807, 2.05) is 0 Å². The van der Waals surface area contributed by atoms with Crippen LogP contribution in [0.2, 0.25) is 0 Å². The summed E-state index contributed by atoms with van der Waals surface area (Å²) in [5, 5.41) is 5.12. The molecule has 1 aromatic heterocycles. The molecule has 0 spiro atoms. The van der Waals surface area contributed by atoms with Crippen LogP contribution in [-0.2, 0) is 10.0 Å². The number of rotatable bonds is 4. The summed E-state index contributed by atoms with van der Waals surface area (Å²) < 4.78 is 28.2. The third-order valence-electron chi connectivity index (χ3n) is 4.31. The molecule has 0 unspecified atom stereocenters. The van der Waals surface area contributed by atoms with Crippen molar-refractivity contribution < 1.29 is 17.6 Å². The third-order valence-corrected chi connectivity index (χ3v) is 5.33. The Morgan fingerprint density at radius 1 is 1.50 bits per heavy atom. The molecule has 1 fully saturated rings. The maximum atomic E-state index is 12.6. The lowest BCUT2D eigenvalue weighted by molar-refractivity contribution is 0.0500. The molecule has 7 heteroatoms. The van der Waals surface area contributed by atoms with E-state index in [2.05, 4.69) is 13.8 Å². The smallest absolute Gasteiger partial charge is 0.289 e. The van der Waals surface area contributed by atoms with Crippen molar-refractivity contribution in [1.29, 1.82) is 0 Å². The fourth-order valence-electron chi connectivity index (χ4n) is 3.31. The van der Waals surface area contributed by atoms with Crippen molar-refractivity contribution in [2.75, 3.05) is 13.1 Å². The van der Waals surface area contributed by atoms with Gasteiger partial charge in [-0.3, -0.25) is 4.79 Å². The van der Waals surface area contributed by atoms with Gasteiger partial charge in [-0.2, -0.15) is 0 Å². The number of hydrogen-bond donors (Lipinski definition) is 1. The van der Waals surface area contributed by atoms with Crippen LogP contribution in [0.4, 0.5) is 0 Å². The average Bonchev–Trinajstić information content (AvgIpc) is 2.80. The molecule has 0 aromatic carbocycles. The first-order valence-corrected chi connectivity index (χ1v) is 9.13. The zero-order valence-electron chi connectivity index (χ0n) is 13.4. The van der Waals surface area contributed by atoms with Gasteiger partial charge in [0.2, 0.25) is 10.0 Å². The molecule has 2 N–H and O–H groups in total. The monoisotopic (exact) mass is 328 g/mol. The number of furan rings is 1. The quantitative estimate of drug-likeness (QED) is 0.917. The summed E-state index contributed by atoms with van der Waals surface area (Å²) in [7, 11) is -3.87. The van der Waals surface area contributed by atoms with Gasteiger partial charge in [-0.15, -0.1) is 0 Å². The number of amides is 1. The number of carbonyl (C=O) groups is 1. The molecule has 0 radical (unpaired) electrons. The van der Waals surface area contributed by atoms with Crippen LogP contribution in [0, 0.1) is 12.3 Å².